The number of fused-ring (bicyclic) bond motifs is 7. The maximum absolute atomic E-state index is 15.1. The van der Waals surface area contributed by atoms with Crippen LogP contribution in [0.2, 0.25) is 0 Å². The van der Waals surface area contributed by atoms with Crippen molar-refractivity contribution in [1.29, 1.82) is 0 Å². The van der Waals surface area contributed by atoms with Gasteiger partial charge in [0, 0.05) is 42.5 Å². The molecule has 1 aliphatic heterocycles. The topological polar surface area (TPSA) is 125 Å². The van der Waals surface area contributed by atoms with Crippen molar-refractivity contribution in [3.05, 3.63) is 12.2 Å². The molecule has 1 heterocycles. The summed E-state index contributed by atoms with van der Waals surface area (Å²) in [6, 6.07) is 1.76. The van der Waals surface area contributed by atoms with Crippen molar-refractivity contribution in [2.75, 3.05) is 13.1 Å². The van der Waals surface area contributed by atoms with Gasteiger partial charge in [0.05, 0.1) is 17.3 Å². The van der Waals surface area contributed by atoms with Gasteiger partial charge < -0.3 is 25.4 Å². The molecule has 12 atom stereocenters. The van der Waals surface area contributed by atoms with E-state index in [1.54, 1.807) is 13.8 Å². The fourth-order valence-electron chi connectivity index (χ4n) is 18.4. The van der Waals surface area contributed by atoms with Crippen molar-refractivity contribution in [1.82, 2.24) is 15.5 Å². The van der Waals surface area contributed by atoms with Gasteiger partial charge in [0.25, 0.3) is 0 Å². The first-order valence-electron chi connectivity index (χ1n) is 28.9. The second kappa shape index (κ2) is 19.8. The van der Waals surface area contributed by atoms with E-state index in [0.717, 1.165) is 109 Å². The highest BCUT2D eigenvalue weighted by atomic mass is 16.5. The minimum Gasteiger partial charge on any atom is -0.481 e. The number of nitrogens with zero attached hydrogens (tertiary/aromatic N) is 1. The zero-order valence-corrected chi connectivity index (χ0v) is 45.5. The summed E-state index contributed by atoms with van der Waals surface area (Å²) in [4.78, 5) is 55.7. The van der Waals surface area contributed by atoms with E-state index in [-0.39, 0.29) is 63.4 Å². The van der Waals surface area contributed by atoms with E-state index in [1.807, 2.05) is 0 Å². The van der Waals surface area contributed by atoms with E-state index in [0.29, 0.717) is 29.6 Å². The molecular weight excluding hydrogens is 859 g/mol. The van der Waals surface area contributed by atoms with Crippen LogP contribution in [-0.4, -0.2) is 71.1 Å². The van der Waals surface area contributed by atoms with Gasteiger partial charge in [0.2, 0.25) is 11.8 Å². The fourth-order valence-corrected chi connectivity index (χ4v) is 18.4. The normalized spacial score (nSPS) is 40.8. The van der Waals surface area contributed by atoms with Crippen LogP contribution in [0.15, 0.2) is 12.2 Å². The molecule has 2 amide bonds. The van der Waals surface area contributed by atoms with Crippen molar-refractivity contribution in [3.63, 3.8) is 0 Å². The fraction of sp³-hybridized carbons (Fsp3) is 0.900. The van der Waals surface area contributed by atoms with Crippen molar-refractivity contribution >= 4 is 23.8 Å². The molecule has 9 heteroatoms. The average molecular weight is 958 g/mol. The number of allylic oxidation sites excluding steroid dienone is 1. The van der Waals surface area contributed by atoms with Gasteiger partial charge in [0.15, 0.2) is 0 Å². The molecule has 0 bridgehead atoms. The Morgan fingerprint density at radius 2 is 1.29 bits per heavy atom. The number of ether oxygens (including phenoxy) is 1. The van der Waals surface area contributed by atoms with Crippen molar-refractivity contribution in [3.8, 4) is 0 Å². The summed E-state index contributed by atoms with van der Waals surface area (Å²) in [7, 11) is 0. The molecule has 9 fully saturated rings. The van der Waals surface area contributed by atoms with Gasteiger partial charge in [-0.2, -0.15) is 0 Å². The van der Waals surface area contributed by atoms with E-state index in [1.165, 1.54) is 76.2 Å². The number of hydrogen-bond acceptors (Lipinski definition) is 6. The third kappa shape index (κ3) is 9.44. The second-order valence-corrected chi connectivity index (χ2v) is 27.9. The van der Waals surface area contributed by atoms with Crippen LogP contribution in [-0.2, 0) is 23.9 Å². The summed E-state index contributed by atoms with van der Waals surface area (Å²) in [5.41, 5.74) is -0.616. The minimum absolute atomic E-state index is 0.00579. The molecule has 9 nitrogen and oxygen atoms in total. The number of likely N-dealkylation sites (tertiary alicyclic amines) is 1. The Morgan fingerprint density at radius 1 is 0.681 bits per heavy atom. The van der Waals surface area contributed by atoms with E-state index in [9.17, 15) is 19.5 Å². The van der Waals surface area contributed by atoms with Crippen LogP contribution in [0, 0.1) is 73.4 Å². The van der Waals surface area contributed by atoms with E-state index < -0.39 is 22.8 Å². The quantitative estimate of drug-likeness (QED) is 0.147. The van der Waals surface area contributed by atoms with Crippen LogP contribution in [0.1, 0.15) is 230 Å². The number of carbonyl (C=O) groups excluding carboxylic acids is 3. The van der Waals surface area contributed by atoms with Crippen LogP contribution in [0.3, 0.4) is 0 Å². The number of aliphatic carboxylic acids is 1. The number of carbonyl (C=O) groups is 4. The highest BCUT2D eigenvalue weighted by molar-refractivity contribution is 5.86. The molecule has 8 saturated carbocycles. The molecule has 0 radical (unpaired) electrons. The molecule has 0 aromatic carbocycles. The lowest BCUT2D eigenvalue weighted by Crippen LogP contribution is -2.69. The summed E-state index contributed by atoms with van der Waals surface area (Å²) < 4.78 is 6.19. The molecule has 9 aliphatic rings. The third-order valence-corrected chi connectivity index (χ3v) is 23.1. The molecule has 0 spiro atoms. The molecule has 1 saturated heterocycles. The number of rotatable bonds is 10. The lowest BCUT2D eigenvalue weighted by molar-refractivity contribution is -0.240. The van der Waals surface area contributed by atoms with Crippen LogP contribution < -0.4 is 10.6 Å². The number of piperidine rings is 1. The van der Waals surface area contributed by atoms with Gasteiger partial charge in [-0.05, 0) is 188 Å². The summed E-state index contributed by atoms with van der Waals surface area (Å²) >= 11 is 0. The van der Waals surface area contributed by atoms with Gasteiger partial charge in [-0.25, -0.2) is 0 Å². The molecule has 8 aliphatic carbocycles. The van der Waals surface area contributed by atoms with Gasteiger partial charge in [-0.1, -0.05) is 99.1 Å². The highest BCUT2D eigenvalue weighted by Gasteiger charge is 2.73. The predicted molar refractivity (Wildman–Crippen MR) is 276 cm³/mol. The van der Waals surface area contributed by atoms with E-state index in [4.69, 9.17) is 4.74 Å². The number of esters is 1. The minimum atomic E-state index is -1.16. The van der Waals surface area contributed by atoms with Gasteiger partial charge in [-0.15, -0.1) is 0 Å². The molecular formula is C60H99N3O6. The monoisotopic (exact) mass is 958 g/mol. The van der Waals surface area contributed by atoms with Crippen molar-refractivity contribution < 1.29 is 29.0 Å². The first kappa shape index (κ1) is 52.9. The van der Waals surface area contributed by atoms with Crippen LogP contribution in [0.5, 0.6) is 0 Å². The number of hydrogen-bond donors (Lipinski definition) is 3. The summed E-state index contributed by atoms with van der Waals surface area (Å²) in [6.07, 6.45) is 28.6. The predicted octanol–water partition coefficient (Wildman–Crippen LogP) is 12.8. The first-order valence-corrected chi connectivity index (χ1v) is 28.9. The lowest BCUT2D eigenvalue weighted by Gasteiger charge is -2.72. The Bertz CT molecular complexity index is 1890. The average Bonchev–Trinajstić information content (AvgIpc) is 3.73. The number of carboxylic acids is 1. The van der Waals surface area contributed by atoms with Crippen LogP contribution >= 0.6 is 0 Å². The first-order chi connectivity index (χ1) is 32.4. The van der Waals surface area contributed by atoms with Gasteiger partial charge >= 0.3 is 11.9 Å². The Labute approximate surface area is 419 Å². The standard InChI is InChI=1S/C48H76N2O6.C12H23N/c1-29(2)30-17-22-48(40(53)49-35-27-33(43(35,5)6)39(52)50-25-13-12-14-26-50)24-23-46(10)32-15-16-34-44(7,8)36(56-37(51)28-42(3,4)41(54)55)19-20-45(34,9)31(32)18-21-47(46,11)38(30)48;1-3-7-11(8-4-1)13-12-9-5-2-6-10-12/h30-36,38H,1,12-28H2,2-11H3,(H,49,53)(H,54,55);11-13H,1-10H2/t30-,31-,32?,33+,34-,35?,36-,38?,45+,46-,47+,48-;/m0./s1. The smallest absolute Gasteiger partial charge is 0.309 e. The number of nitrogens with one attached hydrogen (secondary N) is 2. The summed E-state index contributed by atoms with van der Waals surface area (Å²) in [6.45, 7) is 28.4. The Kier molecular flexibility index (Phi) is 15.2. The van der Waals surface area contributed by atoms with Crippen molar-refractivity contribution in [2.24, 2.45) is 73.4 Å². The Balaban J connectivity index is 0.000000424. The zero-order chi connectivity index (χ0) is 50.0. The number of carboxylic acid groups (broad SMARTS) is 1. The third-order valence-electron chi connectivity index (χ3n) is 23.1. The van der Waals surface area contributed by atoms with Crippen LogP contribution in [0.4, 0.5) is 0 Å². The number of amides is 2. The molecule has 9 rings (SSSR count). The zero-order valence-electron chi connectivity index (χ0n) is 45.5. The van der Waals surface area contributed by atoms with Crippen molar-refractivity contribution in [2.45, 2.75) is 254 Å². The maximum atomic E-state index is 15.1. The van der Waals surface area contributed by atoms with Gasteiger partial charge in [-0.3, -0.25) is 19.2 Å². The Morgan fingerprint density at radius 3 is 1.87 bits per heavy atom. The lowest BCUT2D eigenvalue weighted by atomic mass is 9.33. The van der Waals surface area contributed by atoms with Crippen LogP contribution in [0.25, 0.3) is 0 Å². The molecule has 69 heavy (non-hydrogen) atoms. The molecule has 0 aromatic rings. The molecule has 3 unspecified atom stereocenters. The van der Waals surface area contributed by atoms with E-state index in [2.05, 4.69) is 77.5 Å². The largest absolute Gasteiger partial charge is 0.481 e. The maximum Gasteiger partial charge on any atom is 0.309 e. The summed E-state index contributed by atoms with van der Waals surface area (Å²) in [5, 5.41) is 17.1. The second-order valence-electron chi connectivity index (χ2n) is 27.9. The summed E-state index contributed by atoms with van der Waals surface area (Å²) in [5.74, 6) is 1.23. The molecule has 3 N–H and O–H groups in total. The SMILES string of the molecule is C1CCC(NC2CCCCC2)CC1.C=C(C)[C@@H]1CC[C@]2(C(=O)NC3C[C@H](C(=O)N4CCCCC4)C3(C)C)CC[C@@]3(C)C4CC[C@H]5C(C)(C)[C@@H](OC(=O)CC(C)(C)C(=O)O)CC[C@]5(C)[C@H]4CC[C@]3(C)C12. The molecule has 0 aromatic heterocycles. The van der Waals surface area contributed by atoms with E-state index >= 15 is 4.79 Å². The molecule has 390 valence electrons. The highest BCUT2D eigenvalue weighted by Crippen LogP contribution is 2.78. The Hall–Kier alpha value is -2.42. The van der Waals surface area contributed by atoms with Gasteiger partial charge in [0.1, 0.15) is 6.10 Å².